The molecule has 0 saturated carbocycles. The molecule has 0 radical (unpaired) electrons. The lowest BCUT2D eigenvalue weighted by Crippen LogP contribution is -2.42. The first-order chi connectivity index (χ1) is 12.3. The van der Waals surface area contributed by atoms with Gasteiger partial charge in [0.15, 0.2) is 5.82 Å². The third-order valence-electron chi connectivity index (χ3n) is 5.42. The monoisotopic (exact) mass is 416 g/mol. The van der Waals surface area contributed by atoms with Crippen LogP contribution in [0.25, 0.3) is 11.5 Å². The second kappa shape index (κ2) is 10.4. The summed E-state index contributed by atoms with van der Waals surface area (Å²) in [5.41, 5.74) is 2.20. The Bertz CT molecular complexity index is 680. The van der Waals surface area contributed by atoms with Gasteiger partial charge in [0.2, 0.25) is 0 Å². The molecular weight excluding hydrogens is 387 g/mol. The minimum atomic E-state index is 0. The Labute approximate surface area is 173 Å². The molecule has 0 spiro atoms. The highest BCUT2D eigenvalue weighted by Gasteiger charge is 2.21. The van der Waals surface area contributed by atoms with Crippen LogP contribution in [0, 0.1) is 0 Å². The van der Waals surface area contributed by atoms with Crippen molar-refractivity contribution in [2.24, 2.45) is 0 Å². The Morgan fingerprint density at radius 1 is 1.19 bits per heavy atom. The van der Waals surface area contributed by atoms with E-state index in [1.165, 1.54) is 18.5 Å². The number of aromatic nitrogens is 4. The van der Waals surface area contributed by atoms with E-state index < -0.39 is 0 Å². The van der Waals surface area contributed by atoms with Crippen molar-refractivity contribution in [3.05, 3.63) is 24.2 Å². The van der Waals surface area contributed by atoms with Gasteiger partial charge in [0.25, 0.3) is 0 Å². The van der Waals surface area contributed by atoms with Gasteiger partial charge >= 0.3 is 0 Å². The standard InChI is InChI=1S/C18H28N6O.2ClH/c25-14-15-4-1-2-7-22(15)8-3-9-23-10-6-20-18(23)17-12-16-13-19-5-11-24(16)21-17;;/h6,10,12,15,19,25H,1-5,7-9,11,13-14H2;2*1H. The van der Waals surface area contributed by atoms with Crippen LogP contribution in [0.2, 0.25) is 0 Å². The van der Waals surface area contributed by atoms with Gasteiger partial charge in [0.1, 0.15) is 5.69 Å². The smallest absolute Gasteiger partial charge is 0.160 e. The van der Waals surface area contributed by atoms with E-state index in [4.69, 9.17) is 5.10 Å². The van der Waals surface area contributed by atoms with Crippen LogP contribution in [-0.2, 0) is 19.6 Å². The van der Waals surface area contributed by atoms with Crippen LogP contribution in [0.1, 0.15) is 31.4 Å². The molecule has 2 aromatic rings. The maximum Gasteiger partial charge on any atom is 0.160 e. The van der Waals surface area contributed by atoms with Crippen LogP contribution in [0.4, 0.5) is 0 Å². The fraction of sp³-hybridized carbons (Fsp3) is 0.667. The van der Waals surface area contributed by atoms with Crippen molar-refractivity contribution in [1.82, 2.24) is 29.5 Å². The molecule has 4 heterocycles. The minimum Gasteiger partial charge on any atom is -0.395 e. The van der Waals surface area contributed by atoms with Crippen LogP contribution in [-0.4, -0.2) is 61.6 Å². The highest BCUT2D eigenvalue weighted by atomic mass is 35.5. The average molecular weight is 417 g/mol. The zero-order chi connectivity index (χ0) is 17.1. The molecule has 0 bridgehead atoms. The van der Waals surface area contributed by atoms with Gasteiger partial charge in [-0.1, -0.05) is 6.42 Å². The number of aliphatic hydroxyl groups is 1. The molecule has 1 atom stereocenters. The zero-order valence-corrected chi connectivity index (χ0v) is 17.2. The van der Waals surface area contributed by atoms with Gasteiger partial charge in [0, 0.05) is 44.6 Å². The van der Waals surface area contributed by atoms with Gasteiger partial charge in [0.05, 0.1) is 18.8 Å². The molecule has 2 N–H and O–H groups in total. The van der Waals surface area contributed by atoms with Gasteiger partial charge in [-0.3, -0.25) is 9.58 Å². The summed E-state index contributed by atoms with van der Waals surface area (Å²) in [5, 5.41) is 17.7. The highest BCUT2D eigenvalue weighted by Crippen LogP contribution is 2.20. The maximum atomic E-state index is 9.55. The summed E-state index contributed by atoms with van der Waals surface area (Å²) < 4.78 is 4.30. The molecule has 7 nitrogen and oxygen atoms in total. The first-order valence-electron chi connectivity index (χ1n) is 9.49. The van der Waals surface area contributed by atoms with E-state index in [0.717, 1.165) is 63.6 Å². The van der Waals surface area contributed by atoms with E-state index in [0.29, 0.717) is 6.04 Å². The SMILES string of the molecule is Cl.Cl.OCC1CCCCN1CCCn1ccnc1-c1cc2n(n1)CCNC2. The topological polar surface area (TPSA) is 71.1 Å². The van der Waals surface area contributed by atoms with Crippen molar-refractivity contribution in [1.29, 1.82) is 0 Å². The first kappa shape index (κ1) is 22.2. The van der Waals surface area contributed by atoms with Gasteiger partial charge < -0.3 is 15.0 Å². The van der Waals surface area contributed by atoms with Crippen LogP contribution in [0.15, 0.2) is 18.5 Å². The number of aliphatic hydroxyl groups excluding tert-OH is 1. The second-order valence-corrected chi connectivity index (χ2v) is 7.09. The number of halogens is 2. The molecule has 0 aromatic carbocycles. The Hall–Kier alpha value is -1.12. The molecule has 4 rings (SSSR count). The van der Waals surface area contributed by atoms with Gasteiger partial charge in [-0.05, 0) is 31.9 Å². The lowest BCUT2D eigenvalue weighted by Gasteiger charge is -2.34. The van der Waals surface area contributed by atoms with Crippen molar-refractivity contribution in [3.63, 3.8) is 0 Å². The van der Waals surface area contributed by atoms with E-state index >= 15 is 0 Å². The van der Waals surface area contributed by atoms with Gasteiger partial charge in [-0.15, -0.1) is 24.8 Å². The lowest BCUT2D eigenvalue weighted by molar-refractivity contribution is 0.0882. The van der Waals surface area contributed by atoms with Gasteiger partial charge in [-0.25, -0.2) is 4.98 Å². The number of hydrogen-bond donors (Lipinski definition) is 2. The number of imidazole rings is 1. The van der Waals surface area contributed by atoms with Crippen molar-refractivity contribution < 1.29 is 5.11 Å². The van der Waals surface area contributed by atoms with Crippen molar-refractivity contribution in [2.45, 2.75) is 51.4 Å². The van der Waals surface area contributed by atoms with Crippen molar-refractivity contribution in [3.8, 4) is 11.5 Å². The molecule has 2 aromatic heterocycles. The van der Waals surface area contributed by atoms with Crippen LogP contribution >= 0.6 is 24.8 Å². The lowest BCUT2D eigenvalue weighted by atomic mass is 10.0. The molecule has 152 valence electrons. The molecule has 1 unspecified atom stereocenters. The van der Waals surface area contributed by atoms with E-state index in [2.05, 4.69) is 30.5 Å². The van der Waals surface area contributed by atoms with E-state index in [9.17, 15) is 5.11 Å². The van der Waals surface area contributed by atoms with Crippen LogP contribution in [0.5, 0.6) is 0 Å². The minimum absolute atomic E-state index is 0. The van der Waals surface area contributed by atoms with E-state index in [-0.39, 0.29) is 31.4 Å². The highest BCUT2D eigenvalue weighted by molar-refractivity contribution is 5.85. The fourth-order valence-electron chi connectivity index (χ4n) is 4.03. The van der Waals surface area contributed by atoms with E-state index in [1.54, 1.807) is 0 Å². The number of hydrogen-bond acceptors (Lipinski definition) is 5. The van der Waals surface area contributed by atoms with Crippen LogP contribution in [0.3, 0.4) is 0 Å². The zero-order valence-electron chi connectivity index (χ0n) is 15.6. The Balaban J connectivity index is 0.00000131. The summed E-state index contributed by atoms with van der Waals surface area (Å²) in [6.07, 6.45) is 8.60. The number of nitrogens with one attached hydrogen (secondary N) is 1. The molecule has 1 fully saturated rings. The predicted octanol–water partition coefficient (Wildman–Crippen LogP) is 1.93. The van der Waals surface area contributed by atoms with Gasteiger partial charge in [-0.2, -0.15) is 5.10 Å². The second-order valence-electron chi connectivity index (χ2n) is 7.09. The number of piperidine rings is 1. The average Bonchev–Trinajstić information content (AvgIpc) is 3.28. The third kappa shape index (κ3) is 5.03. The summed E-state index contributed by atoms with van der Waals surface area (Å²) in [4.78, 5) is 6.99. The maximum absolute atomic E-state index is 9.55. The summed E-state index contributed by atoms with van der Waals surface area (Å²) in [5.74, 6) is 0.958. The molecule has 2 aliphatic rings. The molecule has 0 aliphatic carbocycles. The normalized spacial score (nSPS) is 19.8. The summed E-state index contributed by atoms with van der Waals surface area (Å²) in [6.45, 7) is 6.15. The molecule has 1 saturated heterocycles. The largest absolute Gasteiger partial charge is 0.395 e. The summed E-state index contributed by atoms with van der Waals surface area (Å²) in [6, 6.07) is 2.50. The first-order valence-corrected chi connectivity index (χ1v) is 9.49. The molecular formula is C18H30Cl2N6O. The third-order valence-corrected chi connectivity index (χ3v) is 5.42. The summed E-state index contributed by atoms with van der Waals surface area (Å²) in [7, 11) is 0. The van der Waals surface area contributed by atoms with E-state index in [1.807, 2.05) is 12.4 Å². The van der Waals surface area contributed by atoms with Crippen molar-refractivity contribution in [2.75, 3.05) is 26.2 Å². The fourth-order valence-corrected chi connectivity index (χ4v) is 4.03. The predicted molar refractivity (Wildman–Crippen MR) is 111 cm³/mol. The van der Waals surface area contributed by atoms with Crippen molar-refractivity contribution >= 4 is 24.8 Å². The molecule has 0 amide bonds. The number of rotatable bonds is 6. The number of likely N-dealkylation sites (tertiary alicyclic amines) is 1. The molecule has 9 heteroatoms. The molecule has 27 heavy (non-hydrogen) atoms. The number of aryl methyl sites for hydroxylation is 1. The quantitative estimate of drug-likeness (QED) is 0.752. The Morgan fingerprint density at radius 3 is 2.89 bits per heavy atom. The number of nitrogens with zero attached hydrogens (tertiary/aromatic N) is 5. The van der Waals surface area contributed by atoms with Crippen LogP contribution < -0.4 is 5.32 Å². The summed E-state index contributed by atoms with van der Waals surface area (Å²) >= 11 is 0. The Kier molecular flexibility index (Phi) is 8.57. The Morgan fingerprint density at radius 2 is 2.07 bits per heavy atom. The molecule has 2 aliphatic heterocycles. The number of fused-ring (bicyclic) bond motifs is 1.